The maximum absolute atomic E-state index is 12.0. The summed E-state index contributed by atoms with van der Waals surface area (Å²) in [7, 11) is 1.06. The van der Waals surface area contributed by atoms with Crippen molar-refractivity contribution in [1.82, 2.24) is 0 Å². The highest BCUT2D eigenvalue weighted by Gasteiger charge is 2.43. The van der Waals surface area contributed by atoms with Gasteiger partial charge in [-0.1, -0.05) is 39.0 Å². The van der Waals surface area contributed by atoms with Crippen molar-refractivity contribution in [1.29, 1.82) is 0 Å². The number of hydrogen-bond donors (Lipinski definition) is 0. The topological polar surface area (TPSA) is 54.0 Å². The van der Waals surface area contributed by atoms with Crippen molar-refractivity contribution in [3.05, 3.63) is 24.3 Å². The molecular formula is C17H30O5Si. The highest BCUT2D eigenvalue weighted by Crippen LogP contribution is 2.36. The average molecular weight is 343 g/mol. The van der Waals surface area contributed by atoms with E-state index in [-0.39, 0.29) is 5.04 Å². The van der Waals surface area contributed by atoms with Gasteiger partial charge in [-0.15, -0.1) is 0 Å². The van der Waals surface area contributed by atoms with Crippen LogP contribution >= 0.6 is 0 Å². The van der Waals surface area contributed by atoms with Crippen LogP contribution in [0.5, 0.6) is 0 Å². The third kappa shape index (κ3) is 4.76. The summed E-state index contributed by atoms with van der Waals surface area (Å²) in [5.74, 6) is -2.16. The molecule has 0 bridgehead atoms. The van der Waals surface area contributed by atoms with Crippen molar-refractivity contribution in [3.63, 3.8) is 0 Å². The second kappa shape index (κ2) is 7.74. The molecule has 0 fully saturated rings. The molecule has 0 saturated carbocycles. The number of hydrogen-bond acceptors (Lipinski definition) is 5. The Hall–Kier alpha value is -0.953. The molecule has 23 heavy (non-hydrogen) atoms. The molecule has 1 aliphatic rings. The van der Waals surface area contributed by atoms with Crippen LogP contribution in [0.4, 0.5) is 0 Å². The Morgan fingerprint density at radius 3 is 2.35 bits per heavy atom. The summed E-state index contributed by atoms with van der Waals surface area (Å²) in [6, 6.07) is 0. The molecule has 5 nitrogen and oxygen atoms in total. The lowest BCUT2D eigenvalue weighted by molar-refractivity contribution is -0.221. The third-order valence-electron chi connectivity index (χ3n) is 4.63. The maximum atomic E-state index is 12.0. The Labute approximate surface area is 140 Å². The molecular weight excluding hydrogens is 312 g/mol. The molecule has 2 atom stereocenters. The monoisotopic (exact) mass is 342 g/mol. The van der Waals surface area contributed by atoms with Crippen LogP contribution in [0.2, 0.25) is 18.1 Å². The highest BCUT2D eigenvalue weighted by atomic mass is 28.4. The Balaban J connectivity index is 2.68. The quantitative estimate of drug-likeness (QED) is 0.308. The first kappa shape index (κ1) is 20.1. The first-order valence-electron chi connectivity index (χ1n) is 7.86. The van der Waals surface area contributed by atoms with E-state index in [9.17, 15) is 4.79 Å². The Kier molecular flexibility index (Phi) is 6.77. The number of esters is 1. The molecule has 0 spiro atoms. The van der Waals surface area contributed by atoms with Crippen molar-refractivity contribution in [2.75, 3.05) is 27.4 Å². The zero-order valence-electron chi connectivity index (χ0n) is 15.3. The predicted octanol–water partition coefficient (Wildman–Crippen LogP) is 3.28. The van der Waals surface area contributed by atoms with Gasteiger partial charge in [0.1, 0.15) is 5.92 Å². The van der Waals surface area contributed by atoms with Gasteiger partial charge in [0.05, 0.1) is 20.3 Å². The van der Waals surface area contributed by atoms with E-state index in [1.54, 1.807) is 24.3 Å². The molecule has 0 aromatic heterocycles. The summed E-state index contributed by atoms with van der Waals surface area (Å²) < 4.78 is 22.3. The van der Waals surface area contributed by atoms with E-state index in [0.29, 0.717) is 13.2 Å². The van der Waals surface area contributed by atoms with Gasteiger partial charge in [-0.3, -0.25) is 4.79 Å². The van der Waals surface area contributed by atoms with Crippen LogP contribution in [0.1, 0.15) is 20.8 Å². The van der Waals surface area contributed by atoms with Gasteiger partial charge in [0.15, 0.2) is 8.32 Å². The Bertz CT molecular complexity index is 464. The lowest BCUT2D eigenvalue weighted by Gasteiger charge is -2.38. The summed E-state index contributed by atoms with van der Waals surface area (Å²) in [6.45, 7) is 11.8. The van der Waals surface area contributed by atoms with E-state index in [1.165, 1.54) is 14.2 Å². The van der Waals surface area contributed by atoms with Crippen LogP contribution in [0, 0.1) is 5.92 Å². The molecule has 6 heteroatoms. The van der Waals surface area contributed by atoms with Gasteiger partial charge in [0, 0.05) is 7.11 Å². The minimum Gasteiger partial charge on any atom is -0.468 e. The van der Waals surface area contributed by atoms with Crippen molar-refractivity contribution in [3.8, 4) is 0 Å². The molecule has 0 amide bonds. The number of carbonyl (C=O) groups excluding carboxylic acids is 1. The largest absolute Gasteiger partial charge is 0.468 e. The van der Waals surface area contributed by atoms with E-state index in [2.05, 4.69) is 33.9 Å². The summed E-state index contributed by atoms with van der Waals surface area (Å²) in [5.41, 5.74) is 0. The molecule has 0 radical (unpaired) electrons. The molecule has 2 unspecified atom stereocenters. The summed E-state index contributed by atoms with van der Waals surface area (Å²) in [4.78, 5) is 12.0. The minimum atomic E-state index is -1.82. The summed E-state index contributed by atoms with van der Waals surface area (Å²) in [5, 5.41) is 0.147. The molecule has 132 valence electrons. The van der Waals surface area contributed by atoms with Gasteiger partial charge in [0.2, 0.25) is 5.79 Å². The second-order valence-electron chi connectivity index (χ2n) is 7.13. The van der Waals surface area contributed by atoms with Crippen LogP contribution in [-0.4, -0.2) is 47.5 Å². The number of allylic oxidation sites excluding steroid dienone is 2. The molecule has 0 aromatic rings. The van der Waals surface area contributed by atoms with E-state index >= 15 is 0 Å². The minimum absolute atomic E-state index is 0.147. The summed E-state index contributed by atoms with van der Waals surface area (Å²) in [6.07, 6.45) is 7.05. The number of rotatable bonds is 7. The van der Waals surface area contributed by atoms with Crippen LogP contribution < -0.4 is 0 Å². The molecule has 0 N–H and O–H groups in total. The van der Waals surface area contributed by atoms with E-state index in [0.717, 1.165) is 0 Å². The van der Waals surface area contributed by atoms with Crippen molar-refractivity contribution in [2.24, 2.45) is 5.92 Å². The number of carbonyl (C=O) groups is 1. The molecule has 0 aromatic carbocycles. The molecule has 0 heterocycles. The zero-order valence-corrected chi connectivity index (χ0v) is 16.3. The van der Waals surface area contributed by atoms with E-state index in [4.69, 9.17) is 18.6 Å². The Morgan fingerprint density at radius 2 is 1.83 bits per heavy atom. The van der Waals surface area contributed by atoms with Gasteiger partial charge < -0.3 is 18.6 Å². The van der Waals surface area contributed by atoms with Gasteiger partial charge in [-0.05, 0) is 24.2 Å². The van der Waals surface area contributed by atoms with E-state index < -0.39 is 26.0 Å². The first-order valence-corrected chi connectivity index (χ1v) is 10.8. The predicted molar refractivity (Wildman–Crippen MR) is 92.6 cm³/mol. The van der Waals surface area contributed by atoms with Crippen LogP contribution in [0.15, 0.2) is 24.3 Å². The Morgan fingerprint density at radius 1 is 1.17 bits per heavy atom. The first-order chi connectivity index (χ1) is 10.6. The standard InChI is InChI=1S/C17H30O5Si/c1-16(2,3)23(6,7)22-13-12-21-17(20-5)11-9-8-10-14(17)15(18)19-4/h8-11,14H,12-13H2,1-7H3. The van der Waals surface area contributed by atoms with Crippen LogP contribution in [0.25, 0.3) is 0 Å². The average Bonchev–Trinajstić information content (AvgIpc) is 2.50. The molecule has 1 aliphatic carbocycles. The van der Waals surface area contributed by atoms with Crippen molar-refractivity contribution in [2.45, 2.75) is 44.7 Å². The fourth-order valence-corrected chi connectivity index (χ4v) is 3.11. The normalized spacial score (nSPS) is 24.7. The van der Waals surface area contributed by atoms with Crippen LogP contribution in [-0.2, 0) is 23.4 Å². The van der Waals surface area contributed by atoms with Gasteiger partial charge in [-0.2, -0.15) is 0 Å². The highest BCUT2D eigenvalue weighted by molar-refractivity contribution is 6.74. The van der Waals surface area contributed by atoms with Crippen molar-refractivity contribution < 1.29 is 23.4 Å². The second-order valence-corrected chi connectivity index (χ2v) is 11.9. The van der Waals surface area contributed by atoms with Gasteiger partial charge >= 0.3 is 5.97 Å². The number of ether oxygens (including phenoxy) is 3. The third-order valence-corrected chi connectivity index (χ3v) is 9.17. The fraction of sp³-hybridized carbons (Fsp3) is 0.706. The van der Waals surface area contributed by atoms with Gasteiger partial charge in [-0.25, -0.2) is 0 Å². The summed E-state index contributed by atoms with van der Waals surface area (Å²) >= 11 is 0. The van der Waals surface area contributed by atoms with Crippen LogP contribution in [0.3, 0.4) is 0 Å². The van der Waals surface area contributed by atoms with Crippen molar-refractivity contribution >= 4 is 14.3 Å². The SMILES string of the molecule is COC(=O)C1C=CC=CC1(OC)OCCO[Si](C)(C)C(C)(C)C. The van der Waals surface area contributed by atoms with E-state index in [1.807, 2.05) is 0 Å². The molecule has 0 aliphatic heterocycles. The molecule has 0 saturated heterocycles. The lowest BCUT2D eigenvalue weighted by Crippen LogP contribution is -2.47. The smallest absolute Gasteiger partial charge is 0.318 e. The number of methoxy groups -OCH3 is 2. The zero-order chi connectivity index (χ0) is 17.7. The lowest BCUT2D eigenvalue weighted by atomic mass is 9.93. The van der Waals surface area contributed by atoms with Gasteiger partial charge in [0.25, 0.3) is 0 Å². The maximum Gasteiger partial charge on any atom is 0.318 e. The molecule has 1 rings (SSSR count). The fourth-order valence-electron chi connectivity index (χ4n) is 2.08.